The summed E-state index contributed by atoms with van der Waals surface area (Å²) in [5.74, 6) is 1.75. The molecular weight excluding hydrogens is 390 g/mol. The van der Waals surface area contributed by atoms with Gasteiger partial charge in [0.05, 0.1) is 19.7 Å². The van der Waals surface area contributed by atoms with Crippen molar-refractivity contribution in [3.63, 3.8) is 0 Å². The normalized spacial score (nSPS) is 16.4. The second-order valence-electron chi connectivity index (χ2n) is 8.34. The van der Waals surface area contributed by atoms with Crippen LogP contribution in [0.5, 0.6) is 5.75 Å². The van der Waals surface area contributed by atoms with Crippen molar-refractivity contribution in [2.45, 2.75) is 26.4 Å². The minimum atomic E-state index is -0.157. The quantitative estimate of drug-likeness (QED) is 0.630. The number of aryl methyl sites for hydroxylation is 1. The molecule has 1 saturated heterocycles. The third kappa shape index (κ3) is 5.27. The molecule has 0 bridgehead atoms. The molecule has 0 unspecified atom stereocenters. The summed E-state index contributed by atoms with van der Waals surface area (Å²) in [6.07, 6.45) is 0. The summed E-state index contributed by atoms with van der Waals surface area (Å²) in [4.78, 5) is 17.2. The van der Waals surface area contributed by atoms with Gasteiger partial charge in [0.15, 0.2) is 0 Å². The van der Waals surface area contributed by atoms with Gasteiger partial charge in [-0.25, -0.2) is 0 Å². The molecule has 0 radical (unpaired) electrons. The number of furan rings is 1. The number of benzene rings is 2. The number of carbonyl (C=O) groups is 1. The van der Waals surface area contributed by atoms with Gasteiger partial charge in [0.1, 0.15) is 17.1 Å². The highest BCUT2D eigenvalue weighted by molar-refractivity contribution is 5.80. The van der Waals surface area contributed by atoms with Crippen molar-refractivity contribution in [3.8, 4) is 5.75 Å². The molecule has 3 aromatic rings. The summed E-state index contributed by atoms with van der Waals surface area (Å²) >= 11 is 0. The first-order valence-electron chi connectivity index (χ1n) is 10.9. The number of rotatable bonds is 7. The van der Waals surface area contributed by atoms with Crippen LogP contribution >= 0.6 is 0 Å². The Labute approximate surface area is 183 Å². The van der Waals surface area contributed by atoms with Crippen LogP contribution in [0.15, 0.2) is 52.9 Å². The van der Waals surface area contributed by atoms with Crippen molar-refractivity contribution in [2.24, 2.45) is 0 Å². The molecule has 0 aliphatic carbocycles. The summed E-state index contributed by atoms with van der Waals surface area (Å²) in [6, 6.07) is 16.0. The highest BCUT2D eigenvalue weighted by Gasteiger charge is 2.21. The van der Waals surface area contributed by atoms with Crippen LogP contribution in [0.25, 0.3) is 11.0 Å². The molecule has 1 N–H and O–H groups in total. The zero-order chi connectivity index (χ0) is 21.8. The number of para-hydroxylation sites is 1. The highest BCUT2D eigenvalue weighted by atomic mass is 16.5. The Morgan fingerprint density at radius 1 is 1.10 bits per heavy atom. The summed E-state index contributed by atoms with van der Waals surface area (Å²) in [5, 5.41) is 4.13. The maximum atomic E-state index is 12.6. The molecule has 31 heavy (non-hydrogen) atoms. The minimum Gasteiger partial charge on any atom is -0.496 e. The maximum absolute atomic E-state index is 12.6. The van der Waals surface area contributed by atoms with Crippen molar-refractivity contribution in [1.29, 1.82) is 0 Å². The van der Waals surface area contributed by atoms with Crippen molar-refractivity contribution < 1.29 is 13.9 Å². The first-order chi connectivity index (χ1) is 15.0. The number of hydrogen-bond acceptors (Lipinski definition) is 5. The fraction of sp³-hybridized carbons (Fsp3) is 0.400. The van der Waals surface area contributed by atoms with E-state index in [1.807, 2.05) is 43.3 Å². The van der Waals surface area contributed by atoms with Gasteiger partial charge in [-0.05, 0) is 32.0 Å². The molecule has 1 atom stereocenters. The average Bonchev–Trinajstić information content (AvgIpc) is 3.20. The monoisotopic (exact) mass is 421 g/mol. The molecule has 1 aliphatic heterocycles. The number of carbonyl (C=O) groups excluding carboxylic acids is 1. The molecule has 2 aromatic carbocycles. The third-order valence-electron chi connectivity index (χ3n) is 5.91. The summed E-state index contributed by atoms with van der Waals surface area (Å²) in [5.41, 5.74) is 3.30. The van der Waals surface area contributed by atoms with Gasteiger partial charge in [-0.3, -0.25) is 14.6 Å². The lowest BCUT2D eigenvalue weighted by atomic mass is 10.1. The van der Waals surface area contributed by atoms with Crippen LogP contribution < -0.4 is 10.1 Å². The molecule has 4 rings (SSSR count). The SMILES string of the molecule is COc1ccc(C)cc1CN1CCN(CC(=O)N[C@@H](C)c2cc3ccccc3o2)CC1. The van der Waals surface area contributed by atoms with E-state index in [1.54, 1.807) is 7.11 Å². The lowest BCUT2D eigenvalue weighted by Gasteiger charge is -2.34. The van der Waals surface area contributed by atoms with Crippen molar-refractivity contribution in [1.82, 2.24) is 15.1 Å². The Balaban J connectivity index is 1.26. The summed E-state index contributed by atoms with van der Waals surface area (Å²) < 4.78 is 11.4. The summed E-state index contributed by atoms with van der Waals surface area (Å²) in [6.45, 7) is 8.96. The standard InChI is InChI=1S/C25H31N3O3/c1-18-8-9-22(30-3)21(14-18)16-27-10-12-28(13-11-27)17-25(29)26-19(2)24-15-20-6-4-5-7-23(20)31-24/h4-9,14-15,19H,10-13,16-17H2,1-3H3,(H,26,29)/t19-/m0/s1. The lowest BCUT2D eigenvalue weighted by molar-refractivity contribution is -0.123. The van der Waals surface area contributed by atoms with Crippen LogP contribution in [0, 0.1) is 6.92 Å². The van der Waals surface area contributed by atoms with Gasteiger partial charge in [0.25, 0.3) is 0 Å². The average molecular weight is 422 g/mol. The molecule has 6 heteroatoms. The Kier molecular flexibility index (Phi) is 6.59. The molecule has 1 fully saturated rings. The van der Waals surface area contributed by atoms with E-state index in [4.69, 9.17) is 9.15 Å². The van der Waals surface area contributed by atoms with Crippen molar-refractivity contribution in [3.05, 3.63) is 65.4 Å². The van der Waals surface area contributed by atoms with Gasteiger partial charge in [-0.2, -0.15) is 0 Å². The van der Waals surface area contributed by atoms with Crippen molar-refractivity contribution in [2.75, 3.05) is 39.8 Å². The molecular formula is C25H31N3O3. The molecule has 2 heterocycles. The lowest BCUT2D eigenvalue weighted by Crippen LogP contribution is -2.49. The van der Waals surface area contributed by atoms with E-state index in [9.17, 15) is 4.79 Å². The van der Waals surface area contributed by atoms with E-state index in [0.717, 1.165) is 55.2 Å². The Morgan fingerprint density at radius 2 is 1.84 bits per heavy atom. The van der Waals surface area contributed by atoms with Crippen LogP contribution in [0.3, 0.4) is 0 Å². The largest absolute Gasteiger partial charge is 0.496 e. The Bertz CT molecular complexity index is 1000. The van der Waals surface area contributed by atoms with Gasteiger partial charge in [0.2, 0.25) is 5.91 Å². The number of hydrogen-bond donors (Lipinski definition) is 1. The zero-order valence-corrected chi connectivity index (χ0v) is 18.6. The molecule has 1 amide bonds. The smallest absolute Gasteiger partial charge is 0.234 e. The van der Waals surface area contributed by atoms with Gasteiger partial charge in [-0.15, -0.1) is 0 Å². The molecule has 1 aliphatic rings. The van der Waals surface area contributed by atoms with Gasteiger partial charge < -0.3 is 14.5 Å². The molecule has 6 nitrogen and oxygen atoms in total. The summed E-state index contributed by atoms with van der Waals surface area (Å²) in [7, 11) is 1.72. The third-order valence-corrected chi connectivity index (χ3v) is 5.91. The minimum absolute atomic E-state index is 0.0294. The van der Waals surface area contributed by atoms with Gasteiger partial charge >= 0.3 is 0 Å². The van der Waals surface area contributed by atoms with Crippen LogP contribution in [0.1, 0.15) is 29.9 Å². The first kappa shape index (κ1) is 21.4. The van der Waals surface area contributed by atoms with E-state index in [1.165, 1.54) is 11.1 Å². The number of methoxy groups -OCH3 is 1. The predicted molar refractivity (Wildman–Crippen MR) is 122 cm³/mol. The fourth-order valence-electron chi connectivity index (χ4n) is 4.15. The molecule has 164 valence electrons. The number of nitrogens with one attached hydrogen (secondary N) is 1. The molecule has 0 spiro atoms. The maximum Gasteiger partial charge on any atom is 0.234 e. The first-order valence-corrected chi connectivity index (χ1v) is 10.9. The Hall–Kier alpha value is -2.83. The second-order valence-corrected chi connectivity index (χ2v) is 8.34. The van der Waals surface area contributed by atoms with Crippen molar-refractivity contribution >= 4 is 16.9 Å². The van der Waals surface area contributed by atoms with E-state index < -0.39 is 0 Å². The van der Waals surface area contributed by atoms with Crippen LogP contribution in [-0.2, 0) is 11.3 Å². The molecule has 1 aromatic heterocycles. The number of fused-ring (bicyclic) bond motifs is 1. The number of amides is 1. The zero-order valence-electron chi connectivity index (χ0n) is 18.6. The number of ether oxygens (including phenoxy) is 1. The van der Waals surface area contributed by atoms with E-state index in [2.05, 4.69) is 34.2 Å². The van der Waals surface area contributed by atoms with E-state index in [-0.39, 0.29) is 11.9 Å². The topological polar surface area (TPSA) is 58.0 Å². The van der Waals surface area contributed by atoms with Crippen LogP contribution in [0.2, 0.25) is 0 Å². The van der Waals surface area contributed by atoms with Gasteiger partial charge in [0, 0.05) is 43.7 Å². The predicted octanol–water partition coefficient (Wildman–Crippen LogP) is 3.74. The number of piperazine rings is 1. The van der Waals surface area contributed by atoms with Crippen LogP contribution in [0.4, 0.5) is 0 Å². The van der Waals surface area contributed by atoms with E-state index in [0.29, 0.717) is 6.54 Å². The highest BCUT2D eigenvalue weighted by Crippen LogP contribution is 2.24. The van der Waals surface area contributed by atoms with Crippen LogP contribution in [-0.4, -0.2) is 55.5 Å². The molecule has 0 saturated carbocycles. The Morgan fingerprint density at radius 3 is 2.58 bits per heavy atom. The fourth-order valence-corrected chi connectivity index (χ4v) is 4.15. The van der Waals surface area contributed by atoms with E-state index >= 15 is 0 Å². The van der Waals surface area contributed by atoms with Gasteiger partial charge in [-0.1, -0.05) is 35.9 Å². The second kappa shape index (κ2) is 9.54. The number of nitrogens with zero attached hydrogens (tertiary/aromatic N) is 2.